The molecule has 7 heteroatoms. The third-order valence-electron chi connectivity index (χ3n) is 4.12. The first-order valence-electron chi connectivity index (χ1n) is 7.92. The molecule has 1 aliphatic rings. The Morgan fingerprint density at radius 2 is 2.20 bits per heavy atom. The molecule has 130 valence electrons. The van der Waals surface area contributed by atoms with E-state index in [1.807, 2.05) is 0 Å². The minimum absolute atomic E-state index is 0.0126. The van der Waals surface area contributed by atoms with Crippen molar-refractivity contribution >= 4 is 16.1 Å². The molecule has 0 spiro atoms. The fourth-order valence-electron chi connectivity index (χ4n) is 2.76. The van der Waals surface area contributed by atoms with Gasteiger partial charge in [-0.3, -0.25) is 4.79 Å². The number of rotatable bonds is 5. The summed E-state index contributed by atoms with van der Waals surface area (Å²) in [5.74, 6) is -0.718. The maximum absolute atomic E-state index is 14.4. The summed E-state index contributed by atoms with van der Waals surface area (Å²) in [5, 5.41) is 0. The fourth-order valence-corrected chi connectivity index (χ4v) is 4.67. The predicted octanol–water partition coefficient (Wildman–Crippen LogP) is 3.09. The van der Waals surface area contributed by atoms with Crippen molar-refractivity contribution in [3.05, 3.63) is 72.3 Å². The second-order valence-electron chi connectivity index (χ2n) is 5.53. The van der Waals surface area contributed by atoms with Gasteiger partial charge in [-0.05, 0) is 24.3 Å². The first kappa shape index (κ1) is 15.8. The Balaban J connectivity index is 2.29. The first-order chi connectivity index (χ1) is 12.3. The number of hydrogen-bond acceptors (Lipinski definition) is 4. The molecule has 0 aliphatic heterocycles. The second kappa shape index (κ2) is 6.33. The zero-order valence-corrected chi connectivity index (χ0v) is 14.2. The molecule has 1 aromatic heterocycles. The summed E-state index contributed by atoms with van der Waals surface area (Å²) < 4.78 is 55.6. The predicted molar refractivity (Wildman–Crippen MR) is 90.8 cm³/mol. The lowest BCUT2D eigenvalue weighted by Crippen LogP contribution is -2.40. The number of hydrogen-bond donors (Lipinski definition) is 0. The van der Waals surface area contributed by atoms with Crippen LogP contribution in [0.4, 0.5) is 4.39 Å². The van der Waals surface area contributed by atoms with Crippen molar-refractivity contribution in [1.29, 1.82) is 0 Å². The molecule has 0 amide bonds. The van der Waals surface area contributed by atoms with E-state index in [9.17, 15) is 17.6 Å². The topological polar surface area (TPSA) is 65.4 Å². The normalized spacial score (nSPS) is 20.7. The number of allylic oxidation sites excluding steroid dienone is 3. The van der Waals surface area contributed by atoms with Gasteiger partial charge in [0.1, 0.15) is 16.5 Å². The Morgan fingerprint density at radius 1 is 1.40 bits per heavy atom. The quantitative estimate of drug-likeness (QED) is 0.767. The van der Waals surface area contributed by atoms with E-state index < -0.39 is 25.4 Å². The Kier molecular flexibility index (Phi) is 4.01. The van der Waals surface area contributed by atoms with E-state index in [4.69, 9.17) is 6.11 Å². The second-order valence-corrected chi connectivity index (χ2v) is 7.69. The maximum atomic E-state index is 14.4. The van der Waals surface area contributed by atoms with Crippen LogP contribution in [0.15, 0.2) is 65.8 Å². The van der Waals surface area contributed by atoms with Crippen molar-refractivity contribution in [2.45, 2.75) is 16.2 Å². The lowest BCUT2D eigenvalue weighted by Gasteiger charge is -2.33. The van der Waals surface area contributed by atoms with Crippen molar-refractivity contribution in [2.75, 3.05) is 7.11 Å². The summed E-state index contributed by atoms with van der Waals surface area (Å²) in [7, 11) is -2.97. The van der Waals surface area contributed by atoms with E-state index >= 15 is 0 Å². The smallest absolute Gasteiger partial charge is 0.209 e. The molecule has 1 unspecified atom stereocenters. The summed E-state index contributed by atoms with van der Waals surface area (Å²) in [6.45, 7) is 0. The van der Waals surface area contributed by atoms with Crippen LogP contribution in [0.2, 0.25) is 0 Å². The Labute approximate surface area is 146 Å². The van der Waals surface area contributed by atoms with Crippen LogP contribution in [0.25, 0.3) is 0 Å². The molecule has 3 rings (SSSR count). The largest absolute Gasteiger partial charge is 0.497 e. The van der Waals surface area contributed by atoms with Crippen molar-refractivity contribution in [1.82, 2.24) is 4.57 Å². The van der Waals surface area contributed by atoms with E-state index in [2.05, 4.69) is 0 Å². The minimum atomic E-state index is -4.32. The van der Waals surface area contributed by atoms with Gasteiger partial charge in [-0.25, -0.2) is 12.8 Å². The van der Waals surface area contributed by atoms with Gasteiger partial charge in [0.05, 0.1) is 8.48 Å². The lowest BCUT2D eigenvalue weighted by atomic mass is 10.1. The van der Waals surface area contributed by atoms with Crippen LogP contribution in [0.1, 0.15) is 18.1 Å². The summed E-state index contributed by atoms with van der Waals surface area (Å²) in [6.07, 6.45) is 7.64. The fraction of sp³-hybridized carbons (Fsp3) is 0.167. The third-order valence-corrected chi connectivity index (χ3v) is 6.43. The van der Waals surface area contributed by atoms with E-state index in [0.717, 1.165) is 12.1 Å². The van der Waals surface area contributed by atoms with Crippen LogP contribution >= 0.6 is 0 Å². The van der Waals surface area contributed by atoms with Crippen LogP contribution in [-0.4, -0.2) is 26.4 Å². The van der Waals surface area contributed by atoms with E-state index in [0.29, 0.717) is 6.29 Å². The molecule has 5 nitrogen and oxygen atoms in total. The molecule has 1 aliphatic carbocycles. The SMILES string of the molecule is [2H]C1=CC(n2ccc(C=O)c2)(S(=O)(=O)c2cc(OC)ccc2F)CC=C1. The number of carbonyl (C=O) groups is 1. The highest BCUT2D eigenvalue weighted by Gasteiger charge is 2.45. The molecule has 0 saturated heterocycles. The minimum Gasteiger partial charge on any atom is -0.497 e. The van der Waals surface area contributed by atoms with Crippen molar-refractivity contribution in [2.24, 2.45) is 0 Å². The van der Waals surface area contributed by atoms with E-state index in [1.165, 1.54) is 48.4 Å². The highest BCUT2D eigenvalue weighted by atomic mass is 32.2. The molecule has 0 bridgehead atoms. The molecule has 25 heavy (non-hydrogen) atoms. The van der Waals surface area contributed by atoms with Gasteiger partial charge in [-0.15, -0.1) is 0 Å². The zero-order chi connectivity index (χ0) is 18.9. The first-order valence-corrected chi connectivity index (χ1v) is 8.90. The van der Waals surface area contributed by atoms with E-state index in [-0.39, 0.29) is 23.8 Å². The van der Waals surface area contributed by atoms with Gasteiger partial charge in [-0.1, -0.05) is 18.2 Å². The molecule has 0 N–H and O–H groups in total. The zero-order valence-electron chi connectivity index (χ0n) is 14.3. The highest BCUT2D eigenvalue weighted by molar-refractivity contribution is 7.92. The molecule has 0 saturated carbocycles. The molecule has 0 radical (unpaired) electrons. The van der Waals surface area contributed by atoms with Crippen molar-refractivity contribution < 1.29 is 23.7 Å². The van der Waals surface area contributed by atoms with Gasteiger partial charge in [0.25, 0.3) is 0 Å². The number of carbonyl (C=O) groups excluding carboxylic acids is 1. The number of sulfone groups is 1. The summed E-state index contributed by atoms with van der Waals surface area (Å²) >= 11 is 0. The van der Waals surface area contributed by atoms with Gasteiger partial charge < -0.3 is 9.30 Å². The van der Waals surface area contributed by atoms with Crippen molar-refractivity contribution in [3.63, 3.8) is 0 Å². The lowest BCUT2D eigenvalue weighted by molar-refractivity contribution is 0.112. The third kappa shape index (κ3) is 2.70. The molecule has 2 aromatic rings. The molecular formula is C18H16FNO4S. The van der Waals surface area contributed by atoms with Crippen LogP contribution < -0.4 is 4.74 Å². The van der Waals surface area contributed by atoms with Gasteiger partial charge >= 0.3 is 0 Å². The highest BCUT2D eigenvalue weighted by Crippen LogP contribution is 2.39. The van der Waals surface area contributed by atoms with E-state index in [1.54, 1.807) is 6.08 Å². The molecule has 1 atom stereocenters. The Hall–Kier alpha value is -2.67. The standard InChI is InChI=1S/C18H16FNO4S/c1-24-15-5-6-16(19)17(11-15)25(22,23)18(8-3-2-4-9-18)20-10-7-14(12-20)13-21/h2-8,10-13H,9H2,1H3/i3D. The van der Waals surface area contributed by atoms with Crippen LogP contribution in [-0.2, 0) is 14.7 Å². The summed E-state index contributed by atoms with van der Waals surface area (Å²) in [6, 6.07) is 4.90. The summed E-state index contributed by atoms with van der Waals surface area (Å²) in [5.41, 5.74) is 0.278. The van der Waals surface area contributed by atoms with Gasteiger partial charge in [-0.2, -0.15) is 0 Å². The molecular weight excluding hydrogens is 345 g/mol. The average molecular weight is 362 g/mol. The van der Waals surface area contributed by atoms with Crippen LogP contribution in [0.3, 0.4) is 0 Å². The van der Waals surface area contributed by atoms with Crippen LogP contribution in [0, 0.1) is 5.82 Å². The number of halogens is 1. The van der Waals surface area contributed by atoms with Gasteiger partial charge in [0.15, 0.2) is 11.2 Å². The average Bonchev–Trinajstić information content (AvgIpc) is 3.11. The molecule has 1 heterocycles. The van der Waals surface area contributed by atoms with Crippen LogP contribution in [0.5, 0.6) is 5.75 Å². The number of aldehydes is 1. The number of aromatic nitrogens is 1. The number of methoxy groups -OCH3 is 1. The molecule has 0 fully saturated rings. The Morgan fingerprint density at radius 3 is 2.84 bits per heavy atom. The number of nitrogens with zero attached hydrogens (tertiary/aromatic N) is 1. The summed E-state index contributed by atoms with van der Waals surface area (Å²) in [4.78, 5) is 8.74. The monoisotopic (exact) mass is 362 g/mol. The number of benzene rings is 1. The van der Waals surface area contributed by atoms with Gasteiger partial charge in [0, 0.05) is 30.4 Å². The molecule has 1 aromatic carbocycles. The van der Waals surface area contributed by atoms with Gasteiger partial charge in [0.2, 0.25) is 9.84 Å². The maximum Gasteiger partial charge on any atom is 0.209 e. The van der Waals surface area contributed by atoms with Crippen molar-refractivity contribution in [3.8, 4) is 5.75 Å². The Bertz CT molecular complexity index is 1030. The number of ether oxygens (including phenoxy) is 1.